The van der Waals surface area contributed by atoms with Gasteiger partial charge in [0.25, 0.3) is 0 Å². The number of hydrogen-bond acceptors (Lipinski definition) is 4. The molecule has 0 radical (unpaired) electrons. The van der Waals surface area contributed by atoms with Crippen LogP contribution in [0.2, 0.25) is 5.02 Å². The summed E-state index contributed by atoms with van der Waals surface area (Å²) in [6, 6.07) is 14.1. The number of hydrogen-bond donors (Lipinski definition) is 0. The molecule has 0 fully saturated rings. The molecule has 0 spiro atoms. The van der Waals surface area contributed by atoms with Gasteiger partial charge in [-0.15, -0.1) is 0 Å². The van der Waals surface area contributed by atoms with Gasteiger partial charge in [-0.3, -0.25) is 9.97 Å². The van der Waals surface area contributed by atoms with Gasteiger partial charge in [0.2, 0.25) is 0 Å². The highest BCUT2D eigenvalue weighted by molar-refractivity contribution is 6.30. The van der Waals surface area contributed by atoms with Crippen LogP contribution in [0.3, 0.4) is 0 Å². The Hall–Kier alpha value is -3.32. The van der Waals surface area contributed by atoms with Crippen molar-refractivity contribution >= 4 is 11.6 Å². The Morgan fingerprint density at radius 3 is 2.24 bits per heavy atom. The molecule has 3 aromatic heterocycles. The van der Waals surface area contributed by atoms with Gasteiger partial charge < -0.3 is 0 Å². The lowest BCUT2D eigenvalue weighted by atomic mass is 10.1. The molecule has 0 aliphatic heterocycles. The molecular formula is C21H12ClF3N4. The fourth-order valence-electron chi connectivity index (χ4n) is 2.73. The Morgan fingerprint density at radius 2 is 1.55 bits per heavy atom. The quantitative estimate of drug-likeness (QED) is 0.418. The Morgan fingerprint density at radius 1 is 0.759 bits per heavy atom. The molecule has 8 heteroatoms. The Balaban J connectivity index is 1.85. The lowest BCUT2D eigenvalue weighted by molar-refractivity contribution is -0.141. The van der Waals surface area contributed by atoms with Crippen LogP contribution in [0.4, 0.5) is 13.2 Å². The first kappa shape index (κ1) is 19.0. The van der Waals surface area contributed by atoms with E-state index in [9.17, 15) is 13.2 Å². The summed E-state index contributed by atoms with van der Waals surface area (Å²) in [7, 11) is 0. The molecular weight excluding hydrogens is 401 g/mol. The third-order valence-electron chi connectivity index (χ3n) is 4.13. The minimum atomic E-state index is -4.61. The van der Waals surface area contributed by atoms with Crippen molar-refractivity contribution in [3.05, 3.63) is 83.9 Å². The summed E-state index contributed by atoms with van der Waals surface area (Å²) >= 11 is 5.88. The fraction of sp³-hybridized carbons (Fsp3) is 0.0476. The van der Waals surface area contributed by atoms with Crippen molar-refractivity contribution in [3.8, 4) is 33.9 Å². The Kier molecular flexibility index (Phi) is 4.98. The van der Waals surface area contributed by atoms with Crippen LogP contribution in [0, 0.1) is 0 Å². The second-order valence-corrected chi connectivity index (χ2v) is 6.57. The maximum Gasteiger partial charge on any atom is 0.433 e. The van der Waals surface area contributed by atoms with Crippen LogP contribution in [-0.2, 0) is 6.18 Å². The van der Waals surface area contributed by atoms with Crippen LogP contribution < -0.4 is 0 Å². The van der Waals surface area contributed by atoms with Crippen LogP contribution >= 0.6 is 11.6 Å². The van der Waals surface area contributed by atoms with Crippen molar-refractivity contribution in [2.45, 2.75) is 6.18 Å². The molecule has 0 aliphatic carbocycles. The number of benzene rings is 1. The van der Waals surface area contributed by atoms with Crippen molar-refractivity contribution in [2.24, 2.45) is 0 Å². The van der Waals surface area contributed by atoms with Gasteiger partial charge in [-0.05, 0) is 42.5 Å². The van der Waals surface area contributed by atoms with Gasteiger partial charge in [0.15, 0.2) is 5.82 Å². The summed E-state index contributed by atoms with van der Waals surface area (Å²) in [6.45, 7) is 0. The molecule has 0 saturated heterocycles. The molecule has 4 rings (SSSR count). The van der Waals surface area contributed by atoms with E-state index >= 15 is 0 Å². The zero-order valence-corrected chi connectivity index (χ0v) is 15.5. The van der Waals surface area contributed by atoms with Gasteiger partial charge in [-0.1, -0.05) is 23.7 Å². The van der Waals surface area contributed by atoms with Crippen molar-refractivity contribution in [3.63, 3.8) is 0 Å². The minimum Gasteiger partial charge on any atom is -0.264 e. The first-order valence-corrected chi connectivity index (χ1v) is 8.87. The first-order valence-electron chi connectivity index (χ1n) is 8.49. The molecule has 0 amide bonds. The molecule has 29 heavy (non-hydrogen) atoms. The van der Waals surface area contributed by atoms with E-state index in [2.05, 4.69) is 19.9 Å². The first-order chi connectivity index (χ1) is 13.9. The average Bonchev–Trinajstić information content (AvgIpc) is 2.74. The normalized spacial score (nSPS) is 11.4. The van der Waals surface area contributed by atoms with E-state index in [0.29, 0.717) is 21.8 Å². The van der Waals surface area contributed by atoms with Gasteiger partial charge in [0, 0.05) is 40.3 Å². The highest BCUT2D eigenvalue weighted by Crippen LogP contribution is 2.33. The summed E-state index contributed by atoms with van der Waals surface area (Å²) in [6.07, 6.45) is 0.140. The Labute approximate surface area is 169 Å². The molecule has 0 unspecified atom stereocenters. The summed E-state index contributed by atoms with van der Waals surface area (Å²) in [4.78, 5) is 16.4. The summed E-state index contributed by atoms with van der Waals surface area (Å²) in [5.74, 6) is -0.0442. The highest BCUT2D eigenvalue weighted by atomic mass is 35.5. The monoisotopic (exact) mass is 412 g/mol. The van der Waals surface area contributed by atoms with Gasteiger partial charge in [-0.25, -0.2) is 9.97 Å². The third kappa shape index (κ3) is 4.25. The lowest BCUT2D eigenvalue weighted by Crippen LogP contribution is -2.10. The third-order valence-corrected chi connectivity index (χ3v) is 4.38. The van der Waals surface area contributed by atoms with Crippen LogP contribution in [0.5, 0.6) is 0 Å². The van der Waals surface area contributed by atoms with Crippen LogP contribution in [0.15, 0.2) is 73.2 Å². The maximum atomic E-state index is 13.5. The number of pyridine rings is 2. The second kappa shape index (κ2) is 7.60. The number of aromatic nitrogens is 4. The number of nitrogens with zero attached hydrogens (tertiary/aromatic N) is 4. The SMILES string of the molecule is FC(F)(F)c1cc(-c2ccc(Cl)cc2)nc(-c2ccnc(-c3cccnc3)c2)n1. The summed E-state index contributed by atoms with van der Waals surface area (Å²) < 4.78 is 40.4. The summed E-state index contributed by atoms with van der Waals surface area (Å²) in [5.41, 5.74) is 1.35. The topological polar surface area (TPSA) is 51.6 Å². The highest BCUT2D eigenvalue weighted by Gasteiger charge is 2.34. The zero-order valence-electron chi connectivity index (χ0n) is 14.7. The van der Waals surface area contributed by atoms with Gasteiger partial charge >= 0.3 is 6.18 Å². The predicted octanol–water partition coefficient (Wildman–Crippen LogP) is 5.94. The Bertz CT molecular complexity index is 1150. The van der Waals surface area contributed by atoms with Gasteiger partial charge in [0.1, 0.15) is 5.69 Å². The van der Waals surface area contributed by atoms with Crippen LogP contribution in [0.25, 0.3) is 33.9 Å². The van der Waals surface area contributed by atoms with Crippen molar-refractivity contribution in [1.82, 2.24) is 19.9 Å². The van der Waals surface area contributed by atoms with Crippen molar-refractivity contribution < 1.29 is 13.2 Å². The molecule has 4 nitrogen and oxygen atoms in total. The van der Waals surface area contributed by atoms with Gasteiger partial charge in [0.05, 0.1) is 11.4 Å². The number of rotatable bonds is 3. The standard InChI is InChI=1S/C21H12ClF3N4/c22-16-5-3-13(4-6-16)18-11-19(21(23,24)25)29-20(28-18)14-7-9-27-17(10-14)15-2-1-8-26-12-15/h1-12H. The minimum absolute atomic E-state index is 0.0442. The smallest absolute Gasteiger partial charge is 0.264 e. The molecule has 1 aromatic carbocycles. The van der Waals surface area contributed by atoms with Gasteiger partial charge in [-0.2, -0.15) is 13.2 Å². The fourth-order valence-corrected chi connectivity index (χ4v) is 2.86. The molecule has 0 bridgehead atoms. The lowest BCUT2D eigenvalue weighted by Gasteiger charge is -2.11. The molecule has 0 atom stereocenters. The maximum absolute atomic E-state index is 13.5. The van der Waals surface area contributed by atoms with E-state index in [0.717, 1.165) is 11.6 Å². The molecule has 4 aromatic rings. The number of alkyl halides is 3. The zero-order chi connectivity index (χ0) is 20.4. The van der Waals surface area contributed by atoms with Crippen LogP contribution in [-0.4, -0.2) is 19.9 Å². The largest absolute Gasteiger partial charge is 0.433 e. The van der Waals surface area contributed by atoms with E-state index in [1.165, 1.54) is 6.20 Å². The molecule has 0 N–H and O–H groups in total. The van der Waals surface area contributed by atoms with E-state index < -0.39 is 11.9 Å². The molecule has 0 aliphatic rings. The molecule has 0 saturated carbocycles. The average molecular weight is 413 g/mol. The second-order valence-electron chi connectivity index (χ2n) is 6.14. The van der Waals surface area contributed by atoms with Crippen molar-refractivity contribution in [1.29, 1.82) is 0 Å². The predicted molar refractivity (Wildman–Crippen MR) is 104 cm³/mol. The van der Waals surface area contributed by atoms with Crippen LogP contribution in [0.1, 0.15) is 5.69 Å². The molecule has 3 heterocycles. The van der Waals surface area contributed by atoms with E-state index in [4.69, 9.17) is 11.6 Å². The van der Waals surface area contributed by atoms with Crippen molar-refractivity contribution in [2.75, 3.05) is 0 Å². The van der Waals surface area contributed by atoms with E-state index in [1.54, 1.807) is 54.9 Å². The molecule has 144 valence electrons. The van der Waals surface area contributed by atoms with E-state index in [-0.39, 0.29) is 11.5 Å². The number of halogens is 4. The summed E-state index contributed by atoms with van der Waals surface area (Å²) in [5, 5.41) is 0.481. The van der Waals surface area contributed by atoms with E-state index in [1.807, 2.05) is 6.07 Å².